The van der Waals surface area contributed by atoms with Crippen molar-refractivity contribution in [2.24, 2.45) is 5.92 Å². The molecule has 2 atom stereocenters. The average molecular weight is 182 g/mol. The molecule has 0 saturated heterocycles. The molecular weight excluding hydrogens is 160 g/mol. The van der Waals surface area contributed by atoms with E-state index in [1.165, 1.54) is 13.0 Å². The van der Waals surface area contributed by atoms with Crippen molar-refractivity contribution in [3.05, 3.63) is 12.2 Å². The summed E-state index contributed by atoms with van der Waals surface area (Å²) in [5.41, 5.74) is 0. The van der Waals surface area contributed by atoms with Crippen molar-refractivity contribution in [3.8, 4) is 0 Å². The van der Waals surface area contributed by atoms with Crippen LogP contribution in [-0.2, 0) is 0 Å². The zero-order valence-electron chi connectivity index (χ0n) is 9.09. The van der Waals surface area contributed by atoms with Gasteiger partial charge in [-0.1, -0.05) is 19.1 Å². The van der Waals surface area contributed by atoms with Gasteiger partial charge in [0.25, 0.3) is 0 Å². The summed E-state index contributed by atoms with van der Waals surface area (Å²) in [6.45, 7) is 8.13. The second-order valence-corrected chi connectivity index (χ2v) is 4.03. The second-order valence-electron chi connectivity index (χ2n) is 4.03. The van der Waals surface area contributed by atoms with Gasteiger partial charge in [-0.3, -0.25) is 4.90 Å². The molecule has 0 saturated carbocycles. The van der Waals surface area contributed by atoms with Crippen LogP contribution in [0.15, 0.2) is 12.2 Å². The molecule has 0 aromatic carbocycles. The van der Waals surface area contributed by atoms with E-state index in [1.54, 1.807) is 0 Å². The Morgan fingerprint density at radius 2 is 2.15 bits per heavy atom. The van der Waals surface area contributed by atoms with E-state index in [0.717, 1.165) is 19.0 Å². The van der Waals surface area contributed by atoms with Crippen LogP contribution < -0.4 is 5.32 Å². The minimum Gasteiger partial charge on any atom is -0.319 e. The first-order chi connectivity index (χ1) is 6.25. The highest BCUT2D eigenvalue weighted by atomic mass is 15.2. The molecule has 1 aliphatic heterocycles. The fourth-order valence-electron chi connectivity index (χ4n) is 1.88. The van der Waals surface area contributed by atoms with Gasteiger partial charge in [-0.05, 0) is 32.9 Å². The van der Waals surface area contributed by atoms with E-state index in [4.69, 9.17) is 0 Å². The number of hydrogen-bond acceptors (Lipinski definition) is 2. The van der Waals surface area contributed by atoms with Crippen LogP contribution in [0, 0.1) is 5.92 Å². The summed E-state index contributed by atoms with van der Waals surface area (Å²) in [6, 6.07) is 0.692. The summed E-state index contributed by atoms with van der Waals surface area (Å²) in [5.74, 6) is 0.733. The first kappa shape index (κ1) is 10.7. The van der Waals surface area contributed by atoms with Gasteiger partial charge in [0.05, 0.1) is 0 Å². The van der Waals surface area contributed by atoms with Gasteiger partial charge in [0.1, 0.15) is 0 Å². The lowest BCUT2D eigenvalue weighted by Crippen LogP contribution is -2.42. The molecule has 2 nitrogen and oxygen atoms in total. The number of rotatable bonds is 4. The third kappa shape index (κ3) is 3.12. The molecule has 2 heteroatoms. The minimum absolute atomic E-state index is 0.692. The van der Waals surface area contributed by atoms with E-state index in [-0.39, 0.29) is 0 Å². The van der Waals surface area contributed by atoms with Crippen molar-refractivity contribution in [2.75, 3.05) is 26.7 Å². The van der Waals surface area contributed by atoms with Crippen LogP contribution in [0.5, 0.6) is 0 Å². The Labute approximate surface area is 82.0 Å². The van der Waals surface area contributed by atoms with Gasteiger partial charge in [0.15, 0.2) is 0 Å². The van der Waals surface area contributed by atoms with E-state index < -0.39 is 0 Å². The van der Waals surface area contributed by atoms with Crippen LogP contribution in [0.4, 0.5) is 0 Å². The first-order valence-electron chi connectivity index (χ1n) is 5.29. The lowest BCUT2D eigenvalue weighted by Gasteiger charge is -2.33. The number of nitrogens with one attached hydrogen (secondary N) is 1. The molecule has 0 aromatic heterocycles. The molecule has 0 aliphatic carbocycles. The second kappa shape index (κ2) is 5.40. The van der Waals surface area contributed by atoms with Crippen molar-refractivity contribution in [1.29, 1.82) is 0 Å². The molecule has 0 bridgehead atoms. The quantitative estimate of drug-likeness (QED) is 0.663. The summed E-state index contributed by atoms with van der Waals surface area (Å²) in [5, 5.41) is 3.24. The van der Waals surface area contributed by atoms with Crippen molar-refractivity contribution >= 4 is 0 Å². The van der Waals surface area contributed by atoms with Gasteiger partial charge in [0, 0.05) is 19.1 Å². The Morgan fingerprint density at radius 1 is 1.38 bits per heavy atom. The molecule has 0 amide bonds. The maximum Gasteiger partial charge on any atom is 0.0166 e. The van der Waals surface area contributed by atoms with E-state index in [9.17, 15) is 0 Å². The third-order valence-corrected chi connectivity index (χ3v) is 3.02. The first-order valence-corrected chi connectivity index (χ1v) is 5.29. The van der Waals surface area contributed by atoms with E-state index in [2.05, 4.69) is 36.2 Å². The fourth-order valence-corrected chi connectivity index (χ4v) is 1.88. The molecule has 1 aliphatic rings. The summed E-state index contributed by atoms with van der Waals surface area (Å²) < 4.78 is 0. The standard InChI is InChI=1S/C11H22N2/c1-10(9-12-3)11(2)13-7-5-4-6-8-13/h4-5,10-12H,6-9H2,1-3H3. The van der Waals surface area contributed by atoms with Crippen LogP contribution >= 0.6 is 0 Å². The Hall–Kier alpha value is -0.340. The molecule has 1 heterocycles. The summed E-state index contributed by atoms with van der Waals surface area (Å²) in [4.78, 5) is 2.56. The molecule has 2 unspecified atom stereocenters. The summed E-state index contributed by atoms with van der Waals surface area (Å²) in [6.07, 6.45) is 5.79. The molecule has 0 spiro atoms. The predicted molar refractivity (Wildman–Crippen MR) is 57.9 cm³/mol. The predicted octanol–water partition coefficient (Wildman–Crippen LogP) is 1.49. The zero-order chi connectivity index (χ0) is 9.68. The Balaban J connectivity index is 2.36. The summed E-state index contributed by atoms with van der Waals surface area (Å²) >= 11 is 0. The Kier molecular flexibility index (Phi) is 4.46. The SMILES string of the molecule is CNCC(C)C(C)N1CC=CCC1. The smallest absolute Gasteiger partial charge is 0.0166 e. The van der Waals surface area contributed by atoms with Gasteiger partial charge in [-0.15, -0.1) is 0 Å². The highest BCUT2D eigenvalue weighted by Crippen LogP contribution is 2.13. The van der Waals surface area contributed by atoms with Gasteiger partial charge in [-0.2, -0.15) is 0 Å². The molecule has 0 radical (unpaired) electrons. The monoisotopic (exact) mass is 182 g/mol. The lowest BCUT2D eigenvalue weighted by atomic mass is 10.0. The lowest BCUT2D eigenvalue weighted by molar-refractivity contribution is 0.175. The van der Waals surface area contributed by atoms with Crippen LogP contribution in [-0.4, -0.2) is 37.6 Å². The molecule has 0 fully saturated rings. The average Bonchev–Trinajstić information content (AvgIpc) is 2.18. The van der Waals surface area contributed by atoms with Crippen LogP contribution in [0.25, 0.3) is 0 Å². The molecule has 1 rings (SSSR count). The van der Waals surface area contributed by atoms with Crippen LogP contribution in [0.3, 0.4) is 0 Å². The molecular formula is C11H22N2. The minimum atomic E-state index is 0.692. The van der Waals surface area contributed by atoms with Crippen molar-refractivity contribution < 1.29 is 0 Å². The normalized spacial score (nSPS) is 23.0. The fraction of sp³-hybridized carbons (Fsp3) is 0.818. The van der Waals surface area contributed by atoms with Crippen LogP contribution in [0.1, 0.15) is 20.3 Å². The highest BCUT2D eigenvalue weighted by Gasteiger charge is 2.19. The molecule has 0 aromatic rings. The zero-order valence-corrected chi connectivity index (χ0v) is 9.09. The number of hydrogen-bond donors (Lipinski definition) is 1. The van der Waals surface area contributed by atoms with E-state index >= 15 is 0 Å². The molecule has 13 heavy (non-hydrogen) atoms. The van der Waals surface area contributed by atoms with E-state index in [0.29, 0.717) is 6.04 Å². The van der Waals surface area contributed by atoms with Gasteiger partial charge in [0.2, 0.25) is 0 Å². The van der Waals surface area contributed by atoms with Crippen molar-refractivity contribution in [3.63, 3.8) is 0 Å². The highest BCUT2D eigenvalue weighted by molar-refractivity contribution is 4.93. The van der Waals surface area contributed by atoms with E-state index in [1.807, 2.05) is 7.05 Å². The van der Waals surface area contributed by atoms with Gasteiger partial charge in [-0.25, -0.2) is 0 Å². The largest absolute Gasteiger partial charge is 0.319 e. The van der Waals surface area contributed by atoms with Gasteiger partial charge < -0.3 is 5.32 Å². The Bertz CT molecular complexity index is 165. The Morgan fingerprint density at radius 3 is 2.69 bits per heavy atom. The van der Waals surface area contributed by atoms with Gasteiger partial charge >= 0.3 is 0 Å². The summed E-state index contributed by atoms with van der Waals surface area (Å²) in [7, 11) is 2.03. The van der Waals surface area contributed by atoms with Crippen molar-refractivity contribution in [2.45, 2.75) is 26.3 Å². The maximum absolute atomic E-state index is 3.24. The maximum atomic E-state index is 3.24. The number of nitrogens with zero attached hydrogens (tertiary/aromatic N) is 1. The topological polar surface area (TPSA) is 15.3 Å². The third-order valence-electron chi connectivity index (χ3n) is 3.02. The molecule has 76 valence electrons. The van der Waals surface area contributed by atoms with Crippen LogP contribution in [0.2, 0.25) is 0 Å². The van der Waals surface area contributed by atoms with Crippen molar-refractivity contribution in [1.82, 2.24) is 10.2 Å². The molecule has 1 N–H and O–H groups in total.